The number of benzene rings is 2. The van der Waals surface area contributed by atoms with Gasteiger partial charge in [-0.1, -0.05) is 17.7 Å². The predicted molar refractivity (Wildman–Crippen MR) is 109 cm³/mol. The molecule has 0 fully saturated rings. The van der Waals surface area contributed by atoms with Crippen molar-refractivity contribution >= 4 is 23.2 Å². The summed E-state index contributed by atoms with van der Waals surface area (Å²) in [6.07, 6.45) is -5.42. The molecule has 168 valence electrons. The molecule has 1 amide bonds. The zero-order chi connectivity index (χ0) is 23.0. The minimum atomic E-state index is -4.55. The summed E-state index contributed by atoms with van der Waals surface area (Å²) in [5, 5.41) is 25.9. The van der Waals surface area contributed by atoms with Crippen molar-refractivity contribution in [2.75, 3.05) is 18.5 Å². The second kappa shape index (κ2) is 8.57. The summed E-state index contributed by atoms with van der Waals surface area (Å²) in [6, 6.07) is 6.42. The Morgan fingerprint density at radius 1 is 1.26 bits per heavy atom. The number of aromatic hydroxyl groups is 1. The number of hydrogen-bond acceptors (Lipinski definition) is 5. The van der Waals surface area contributed by atoms with Crippen LogP contribution in [-0.4, -0.2) is 34.8 Å². The van der Waals surface area contributed by atoms with Crippen molar-refractivity contribution in [1.29, 1.82) is 0 Å². The third kappa shape index (κ3) is 5.61. The summed E-state index contributed by atoms with van der Waals surface area (Å²) in [6.45, 7) is 3.39. The minimum Gasteiger partial charge on any atom is -0.508 e. The van der Waals surface area contributed by atoms with Crippen molar-refractivity contribution in [2.24, 2.45) is 0 Å². The zero-order valence-electron chi connectivity index (χ0n) is 16.8. The first-order chi connectivity index (χ1) is 14.4. The normalized spacial score (nSPS) is 15.1. The molecule has 10 heteroatoms. The number of β-amino-alcohol motifs (C(OH)–C–C–N with tert-alkyl or cyclic N) is 1. The summed E-state index contributed by atoms with van der Waals surface area (Å²) in [4.78, 5) is 11.5. The molecule has 2 aromatic carbocycles. The Kier molecular flexibility index (Phi) is 6.40. The molecule has 31 heavy (non-hydrogen) atoms. The standard InChI is InChI=1S/C21H22ClF3N2O4/c1-20(2,8-11-3-4-15(22)14(5-11)21(23,24)25)26-9-17(29)13-6-12(28)7-16-19(13)31-10-18(30)27-16/h3-7,17,26,28-29H,8-10H2,1-2H3,(H,27,30). The maximum Gasteiger partial charge on any atom is 0.417 e. The molecule has 1 unspecified atom stereocenters. The van der Waals surface area contributed by atoms with Gasteiger partial charge in [0.2, 0.25) is 0 Å². The number of nitrogens with one attached hydrogen (secondary N) is 2. The van der Waals surface area contributed by atoms with Crippen LogP contribution >= 0.6 is 11.6 Å². The summed E-state index contributed by atoms with van der Waals surface area (Å²) in [5.74, 6) is -0.269. The molecule has 0 aliphatic carbocycles. The van der Waals surface area contributed by atoms with Gasteiger partial charge in [0.15, 0.2) is 6.61 Å². The molecular formula is C21H22ClF3N2O4. The van der Waals surface area contributed by atoms with Gasteiger partial charge in [-0.15, -0.1) is 0 Å². The number of amides is 1. The number of aliphatic hydroxyl groups excluding tert-OH is 1. The zero-order valence-corrected chi connectivity index (χ0v) is 17.6. The van der Waals surface area contributed by atoms with E-state index in [1.807, 2.05) is 0 Å². The van der Waals surface area contributed by atoms with Gasteiger partial charge < -0.3 is 25.6 Å². The van der Waals surface area contributed by atoms with E-state index in [0.29, 0.717) is 5.56 Å². The monoisotopic (exact) mass is 458 g/mol. The quantitative estimate of drug-likeness (QED) is 0.524. The van der Waals surface area contributed by atoms with Crippen molar-refractivity contribution in [3.63, 3.8) is 0 Å². The summed E-state index contributed by atoms with van der Waals surface area (Å²) >= 11 is 5.68. The fourth-order valence-corrected chi connectivity index (χ4v) is 3.64. The molecule has 0 radical (unpaired) electrons. The Labute approximate surface area is 182 Å². The highest BCUT2D eigenvalue weighted by atomic mass is 35.5. The third-order valence-electron chi connectivity index (χ3n) is 4.84. The van der Waals surface area contributed by atoms with E-state index in [4.69, 9.17) is 16.3 Å². The lowest BCUT2D eigenvalue weighted by Gasteiger charge is -2.29. The number of anilines is 1. The average Bonchev–Trinajstić information content (AvgIpc) is 2.65. The highest BCUT2D eigenvalue weighted by Gasteiger charge is 2.34. The first kappa shape index (κ1) is 23.2. The van der Waals surface area contributed by atoms with Crippen LogP contribution in [0.4, 0.5) is 18.9 Å². The fourth-order valence-electron chi connectivity index (χ4n) is 3.42. The Hall–Kier alpha value is -2.49. The van der Waals surface area contributed by atoms with E-state index in [9.17, 15) is 28.2 Å². The van der Waals surface area contributed by atoms with Crippen LogP contribution < -0.4 is 15.4 Å². The van der Waals surface area contributed by atoms with Crippen LogP contribution in [0, 0.1) is 0 Å². The molecule has 1 aliphatic heterocycles. The first-order valence-corrected chi connectivity index (χ1v) is 9.82. The third-order valence-corrected chi connectivity index (χ3v) is 5.17. The van der Waals surface area contributed by atoms with E-state index in [1.54, 1.807) is 13.8 Å². The number of alkyl halides is 3. The largest absolute Gasteiger partial charge is 0.508 e. The van der Waals surface area contributed by atoms with Crippen LogP contribution in [0.15, 0.2) is 30.3 Å². The van der Waals surface area contributed by atoms with Gasteiger partial charge in [0.05, 0.1) is 22.4 Å². The SMILES string of the molecule is CC(C)(Cc1ccc(Cl)c(C(F)(F)F)c1)NCC(O)c1cc(O)cc2c1OCC(=O)N2. The van der Waals surface area contributed by atoms with E-state index in [1.165, 1.54) is 24.3 Å². The molecule has 0 spiro atoms. The van der Waals surface area contributed by atoms with Gasteiger partial charge in [-0.05, 0) is 44.0 Å². The number of carbonyl (C=O) groups excluding carboxylic acids is 1. The lowest BCUT2D eigenvalue weighted by atomic mass is 9.93. The Morgan fingerprint density at radius 2 is 1.97 bits per heavy atom. The number of phenolic OH excluding ortho intramolecular Hbond substituents is 1. The first-order valence-electron chi connectivity index (χ1n) is 9.44. The second-order valence-corrected chi connectivity index (χ2v) is 8.43. The molecule has 0 saturated carbocycles. The summed E-state index contributed by atoms with van der Waals surface area (Å²) < 4.78 is 44.7. The van der Waals surface area contributed by atoms with Crippen molar-refractivity contribution in [2.45, 2.75) is 38.1 Å². The van der Waals surface area contributed by atoms with E-state index >= 15 is 0 Å². The maximum absolute atomic E-state index is 13.1. The molecule has 6 nitrogen and oxygen atoms in total. The van der Waals surface area contributed by atoms with Crippen molar-refractivity contribution < 1.29 is 32.9 Å². The van der Waals surface area contributed by atoms with E-state index < -0.39 is 23.4 Å². The molecular weight excluding hydrogens is 437 g/mol. The van der Waals surface area contributed by atoms with Crippen LogP contribution in [0.2, 0.25) is 5.02 Å². The minimum absolute atomic E-state index is 0.0277. The molecule has 1 heterocycles. The predicted octanol–water partition coefficient (Wildman–Crippen LogP) is 4.04. The van der Waals surface area contributed by atoms with Crippen LogP contribution in [0.5, 0.6) is 11.5 Å². The van der Waals surface area contributed by atoms with Crippen LogP contribution in [0.1, 0.15) is 36.6 Å². The fraction of sp³-hybridized carbons (Fsp3) is 0.381. The van der Waals surface area contributed by atoms with Crippen molar-refractivity contribution in [3.05, 3.63) is 52.0 Å². The topological polar surface area (TPSA) is 90.8 Å². The number of ether oxygens (including phenoxy) is 1. The number of fused-ring (bicyclic) bond motifs is 1. The Bertz CT molecular complexity index is 995. The van der Waals surface area contributed by atoms with E-state index in [2.05, 4.69) is 10.6 Å². The van der Waals surface area contributed by atoms with Crippen molar-refractivity contribution in [1.82, 2.24) is 5.32 Å². The second-order valence-electron chi connectivity index (χ2n) is 8.02. The molecule has 0 saturated heterocycles. The highest BCUT2D eigenvalue weighted by Crippen LogP contribution is 2.39. The number of rotatable bonds is 6. The van der Waals surface area contributed by atoms with Gasteiger partial charge in [0, 0.05) is 23.7 Å². The molecule has 2 aromatic rings. The molecule has 4 N–H and O–H groups in total. The molecule has 0 aromatic heterocycles. The van der Waals surface area contributed by atoms with Crippen LogP contribution in [0.25, 0.3) is 0 Å². The number of carbonyl (C=O) groups is 1. The van der Waals surface area contributed by atoms with Gasteiger partial charge in [-0.2, -0.15) is 13.2 Å². The molecule has 3 rings (SSSR count). The Morgan fingerprint density at radius 3 is 2.65 bits per heavy atom. The Balaban J connectivity index is 1.72. The van der Waals surface area contributed by atoms with E-state index in [0.717, 1.165) is 6.07 Å². The van der Waals surface area contributed by atoms with Gasteiger partial charge in [-0.25, -0.2) is 0 Å². The lowest BCUT2D eigenvalue weighted by Crippen LogP contribution is -2.43. The summed E-state index contributed by atoms with van der Waals surface area (Å²) in [5.41, 5.74) is -0.601. The number of aliphatic hydroxyl groups is 1. The van der Waals surface area contributed by atoms with Crippen LogP contribution in [0.3, 0.4) is 0 Å². The smallest absolute Gasteiger partial charge is 0.417 e. The van der Waals surface area contributed by atoms with Crippen molar-refractivity contribution in [3.8, 4) is 11.5 Å². The van der Waals surface area contributed by atoms with Gasteiger partial charge in [0.25, 0.3) is 5.91 Å². The number of phenols is 1. The number of halogens is 4. The number of hydrogen-bond donors (Lipinski definition) is 4. The average molecular weight is 459 g/mol. The molecule has 0 bridgehead atoms. The lowest BCUT2D eigenvalue weighted by molar-refractivity contribution is -0.137. The summed E-state index contributed by atoms with van der Waals surface area (Å²) in [7, 11) is 0. The highest BCUT2D eigenvalue weighted by molar-refractivity contribution is 6.31. The van der Waals surface area contributed by atoms with Gasteiger partial charge in [-0.3, -0.25) is 4.79 Å². The van der Waals surface area contributed by atoms with E-state index in [-0.39, 0.29) is 53.3 Å². The van der Waals surface area contributed by atoms with Crippen LogP contribution in [-0.2, 0) is 17.4 Å². The molecule has 1 aliphatic rings. The van der Waals surface area contributed by atoms with Gasteiger partial charge in [0.1, 0.15) is 11.5 Å². The molecule has 1 atom stereocenters. The van der Waals surface area contributed by atoms with Gasteiger partial charge >= 0.3 is 6.18 Å². The maximum atomic E-state index is 13.1.